The molecule has 2 N–H and O–H groups in total. The van der Waals surface area contributed by atoms with Crippen LogP contribution in [0, 0.1) is 0 Å². The van der Waals surface area contributed by atoms with E-state index in [1.54, 1.807) is 11.3 Å². The van der Waals surface area contributed by atoms with Gasteiger partial charge in [-0.15, -0.1) is 11.3 Å². The quantitative estimate of drug-likeness (QED) is 0.828. The molecular weight excluding hydrogens is 194 g/mol. The minimum absolute atomic E-state index is 0.568. The fourth-order valence-electron chi connectivity index (χ4n) is 1.31. The molecule has 0 radical (unpaired) electrons. The lowest BCUT2D eigenvalue weighted by Gasteiger charge is -1.98. The number of aromatic nitrogens is 2. The van der Waals surface area contributed by atoms with Crippen LogP contribution in [0.5, 0.6) is 0 Å². The summed E-state index contributed by atoms with van der Waals surface area (Å²) in [5.74, 6) is 0. The summed E-state index contributed by atoms with van der Waals surface area (Å²) in [7, 11) is 0. The van der Waals surface area contributed by atoms with Crippen molar-refractivity contribution in [3.63, 3.8) is 0 Å². The molecule has 2 heterocycles. The summed E-state index contributed by atoms with van der Waals surface area (Å²) in [5.41, 5.74) is 6.60. The molecule has 0 saturated carbocycles. The molecule has 2 aromatic heterocycles. The van der Waals surface area contributed by atoms with Crippen LogP contribution in [-0.4, -0.2) is 9.78 Å². The molecule has 0 aliphatic heterocycles. The lowest BCUT2D eigenvalue weighted by molar-refractivity contribution is 0.618. The Kier molecular flexibility index (Phi) is 2.96. The van der Waals surface area contributed by atoms with E-state index < -0.39 is 0 Å². The number of rotatable bonds is 4. The first kappa shape index (κ1) is 9.43. The minimum Gasteiger partial charge on any atom is -0.326 e. The Morgan fingerprint density at radius 2 is 2.43 bits per heavy atom. The van der Waals surface area contributed by atoms with Crippen LogP contribution in [0.4, 0.5) is 0 Å². The average Bonchev–Trinajstić information content (AvgIpc) is 2.86. The molecule has 0 aliphatic rings. The van der Waals surface area contributed by atoms with E-state index in [4.69, 9.17) is 5.73 Å². The third kappa shape index (κ3) is 2.21. The zero-order chi connectivity index (χ0) is 9.80. The van der Waals surface area contributed by atoms with Gasteiger partial charge >= 0.3 is 0 Å². The van der Waals surface area contributed by atoms with E-state index in [9.17, 15) is 0 Å². The van der Waals surface area contributed by atoms with Gasteiger partial charge in [-0.25, -0.2) is 0 Å². The van der Waals surface area contributed by atoms with E-state index >= 15 is 0 Å². The molecule has 74 valence electrons. The highest BCUT2D eigenvalue weighted by Crippen LogP contribution is 2.10. The van der Waals surface area contributed by atoms with Gasteiger partial charge < -0.3 is 5.73 Å². The van der Waals surface area contributed by atoms with E-state index in [0.29, 0.717) is 6.54 Å². The number of hydrogen-bond acceptors (Lipinski definition) is 3. The molecule has 0 fully saturated rings. The van der Waals surface area contributed by atoms with Crippen LogP contribution in [0.15, 0.2) is 29.9 Å². The molecule has 0 aliphatic carbocycles. The fraction of sp³-hybridized carbons (Fsp3) is 0.300. The maximum atomic E-state index is 5.50. The van der Waals surface area contributed by atoms with Gasteiger partial charge in [-0.2, -0.15) is 5.10 Å². The monoisotopic (exact) mass is 207 g/mol. The van der Waals surface area contributed by atoms with Crippen LogP contribution in [0.2, 0.25) is 0 Å². The van der Waals surface area contributed by atoms with Gasteiger partial charge in [0.05, 0.1) is 6.20 Å². The summed E-state index contributed by atoms with van der Waals surface area (Å²) in [6.45, 7) is 1.50. The minimum atomic E-state index is 0.568. The Morgan fingerprint density at radius 1 is 1.50 bits per heavy atom. The van der Waals surface area contributed by atoms with E-state index in [1.165, 1.54) is 4.88 Å². The van der Waals surface area contributed by atoms with Crippen molar-refractivity contribution in [1.29, 1.82) is 0 Å². The number of nitrogens with two attached hydrogens (primary N) is 1. The van der Waals surface area contributed by atoms with Crippen molar-refractivity contribution in [2.75, 3.05) is 0 Å². The van der Waals surface area contributed by atoms with E-state index in [-0.39, 0.29) is 0 Å². The van der Waals surface area contributed by atoms with E-state index in [2.05, 4.69) is 22.6 Å². The zero-order valence-electron chi connectivity index (χ0n) is 7.89. The Balaban J connectivity index is 1.92. The molecule has 0 atom stereocenters. The lowest BCUT2D eigenvalue weighted by atomic mass is 10.3. The molecule has 0 aromatic carbocycles. The predicted molar refractivity (Wildman–Crippen MR) is 58.1 cm³/mol. The first-order chi connectivity index (χ1) is 6.88. The standard InChI is InChI=1S/C10H13N3S/c11-6-9-7-12-13(8-9)4-3-10-2-1-5-14-10/h1-2,5,7-8H,3-4,6,11H2. The molecule has 14 heavy (non-hydrogen) atoms. The van der Waals surface area contributed by atoms with Gasteiger partial charge in [-0.1, -0.05) is 6.07 Å². The van der Waals surface area contributed by atoms with Crippen LogP contribution < -0.4 is 5.73 Å². The van der Waals surface area contributed by atoms with Gasteiger partial charge in [0, 0.05) is 36.1 Å². The van der Waals surface area contributed by atoms with Crippen LogP contribution in [-0.2, 0) is 19.5 Å². The number of aryl methyl sites for hydroxylation is 2. The number of nitrogens with zero attached hydrogens (tertiary/aromatic N) is 2. The van der Waals surface area contributed by atoms with Crippen molar-refractivity contribution < 1.29 is 0 Å². The Hall–Kier alpha value is -1.13. The van der Waals surface area contributed by atoms with Gasteiger partial charge in [0.2, 0.25) is 0 Å². The van der Waals surface area contributed by atoms with Crippen molar-refractivity contribution in [3.05, 3.63) is 40.3 Å². The van der Waals surface area contributed by atoms with Crippen molar-refractivity contribution in [3.8, 4) is 0 Å². The Bertz CT molecular complexity index is 378. The first-order valence-electron chi connectivity index (χ1n) is 4.62. The van der Waals surface area contributed by atoms with Crippen LogP contribution in [0.1, 0.15) is 10.4 Å². The summed E-state index contributed by atoms with van der Waals surface area (Å²) in [4.78, 5) is 1.40. The second-order valence-corrected chi connectivity index (χ2v) is 4.18. The summed E-state index contributed by atoms with van der Waals surface area (Å²) in [5, 5.41) is 6.33. The number of hydrogen-bond donors (Lipinski definition) is 1. The summed E-state index contributed by atoms with van der Waals surface area (Å²) >= 11 is 1.79. The van der Waals surface area contributed by atoms with Crippen molar-refractivity contribution in [2.24, 2.45) is 5.73 Å². The molecular formula is C10H13N3S. The molecule has 2 rings (SSSR count). The van der Waals surface area contributed by atoms with Crippen LogP contribution >= 0.6 is 11.3 Å². The number of thiophene rings is 1. The molecule has 3 nitrogen and oxygen atoms in total. The van der Waals surface area contributed by atoms with Gasteiger partial charge in [-0.05, 0) is 11.4 Å². The highest BCUT2D eigenvalue weighted by atomic mass is 32.1. The van der Waals surface area contributed by atoms with E-state index in [1.807, 2.05) is 17.1 Å². The van der Waals surface area contributed by atoms with Crippen LogP contribution in [0.25, 0.3) is 0 Å². The van der Waals surface area contributed by atoms with Crippen molar-refractivity contribution in [1.82, 2.24) is 9.78 Å². The first-order valence-corrected chi connectivity index (χ1v) is 5.50. The van der Waals surface area contributed by atoms with Gasteiger partial charge in [0.25, 0.3) is 0 Å². The van der Waals surface area contributed by atoms with E-state index in [0.717, 1.165) is 18.5 Å². The highest BCUT2D eigenvalue weighted by molar-refractivity contribution is 7.09. The smallest absolute Gasteiger partial charge is 0.0534 e. The summed E-state index contributed by atoms with van der Waals surface area (Å²) < 4.78 is 1.95. The third-order valence-corrected chi connectivity index (χ3v) is 3.03. The topological polar surface area (TPSA) is 43.8 Å². The van der Waals surface area contributed by atoms with Gasteiger partial charge in [0.15, 0.2) is 0 Å². The lowest BCUT2D eigenvalue weighted by Crippen LogP contribution is -2.00. The molecule has 2 aromatic rings. The molecule has 0 saturated heterocycles. The molecule has 0 amide bonds. The predicted octanol–water partition coefficient (Wildman–Crippen LogP) is 1.65. The summed E-state index contributed by atoms with van der Waals surface area (Å²) in [6, 6.07) is 4.23. The maximum absolute atomic E-state index is 5.50. The molecule has 4 heteroatoms. The van der Waals surface area contributed by atoms with Crippen LogP contribution in [0.3, 0.4) is 0 Å². The zero-order valence-corrected chi connectivity index (χ0v) is 8.70. The molecule has 0 bridgehead atoms. The van der Waals surface area contributed by atoms with Gasteiger partial charge in [-0.3, -0.25) is 4.68 Å². The average molecular weight is 207 g/mol. The third-order valence-electron chi connectivity index (χ3n) is 2.09. The Labute approximate surface area is 87.2 Å². The largest absolute Gasteiger partial charge is 0.326 e. The fourth-order valence-corrected chi connectivity index (χ4v) is 2.01. The normalized spacial score (nSPS) is 10.6. The molecule has 0 unspecified atom stereocenters. The molecule has 0 spiro atoms. The second kappa shape index (κ2) is 4.39. The second-order valence-electron chi connectivity index (χ2n) is 3.15. The van der Waals surface area contributed by atoms with Gasteiger partial charge in [0.1, 0.15) is 0 Å². The van der Waals surface area contributed by atoms with Crippen molar-refractivity contribution in [2.45, 2.75) is 19.5 Å². The Morgan fingerprint density at radius 3 is 3.07 bits per heavy atom. The summed E-state index contributed by atoms with van der Waals surface area (Å²) in [6.07, 6.45) is 4.88. The van der Waals surface area contributed by atoms with Crippen molar-refractivity contribution >= 4 is 11.3 Å². The SMILES string of the molecule is NCc1cnn(CCc2cccs2)c1. The highest BCUT2D eigenvalue weighted by Gasteiger charge is 1.97. The maximum Gasteiger partial charge on any atom is 0.0534 e.